The SMILES string of the molecule is [2H][C@@]1(C)[C@]2(C)C(C)=C(C)[C@@]1(C)/C(=C/C)[C@@]2(C)c1ccc(OC)cc1. The number of rotatable bonds is 2. The van der Waals surface area contributed by atoms with Gasteiger partial charge in [-0.15, -0.1) is 0 Å². The van der Waals surface area contributed by atoms with Crippen molar-refractivity contribution in [1.82, 2.24) is 0 Å². The minimum absolute atomic E-state index is 0.192. The smallest absolute Gasteiger partial charge is 0.118 e. The molecule has 0 unspecified atom stereocenters. The van der Waals surface area contributed by atoms with Crippen LogP contribution in [0.2, 0.25) is 0 Å². The molecule has 23 heavy (non-hydrogen) atoms. The lowest BCUT2D eigenvalue weighted by Crippen LogP contribution is -2.42. The van der Waals surface area contributed by atoms with Gasteiger partial charge >= 0.3 is 0 Å². The Bertz CT molecular complexity index is 755. The number of methoxy groups -OCH3 is 1. The quantitative estimate of drug-likeness (QED) is 0.617. The minimum Gasteiger partial charge on any atom is -0.497 e. The van der Waals surface area contributed by atoms with Crippen LogP contribution >= 0.6 is 0 Å². The maximum Gasteiger partial charge on any atom is 0.118 e. The van der Waals surface area contributed by atoms with Crippen molar-refractivity contribution < 1.29 is 6.11 Å². The first-order chi connectivity index (χ1) is 11.0. The van der Waals surface area contributed by atoms with Gasteiger partial charge < -0.3 is 4.74 Å². The molecule has 0 N–H and O–H groups in total. The molecule has 1 aromatic rings. The lowest BCUT2D eigenvalue weighted by atomic mass is 9.56. The molecule has 2 bridgehead atoms. The monoisotopic (exact) mass is 311 g/mol. The molecule has 0 heterocycles. The summed E-state index contributed by atoms with van der Waals surface area (Å²) in [6, 6.07) is 8.43. The predicted molar refractivity (Wildman–Crippen MR) is 97.9 cm³/mol. The van der Waals surface area contributed by atoms with E-state index < -0.39 is 5.89 Å². The second kappa shape index (κ2) is 4.75. The summed E-state index contributed by atoms with van der Waals surface area (Å²) in [7, 11) is 1.70. The molecule has 4 atom stereocenters. The normalized spacial score (nSPS) is 44.9. The third kappa shape index (κ3) is 1.54. The van der Waals surface area contributed by atoms with Gasteiger partial charge in [-0.05, 0) is 44.4 Å². The van der Waals surface area contributed by atoms with Gasteiger partial charge in [0.1, 0.15) is 5.75 Å². The zero-order valence-corrected chi connectivity index (χ0v) is 15.8. The van der Waals surface area contributed by atoms with Crippen molar-refractivity contribution in [3.63, 3.8) is 0 Å². The number of hydrogen-bond donors (Lipinski definition) is 0. The molecule has 0 aromatic heterocycles. The van der Waals surface area contributed by atoms with Crippen LogP contribution in [-0.2, 0) is 5.41 Å². The highest BCUT2D eigenvalue weighted by Gasteiger charge is 2.70. The fraction of sp³-hybridized carbons (Fsp3) is 0.545. The largest absolute Gasteiger partial charge is 0.497 e. The first kappa shape index (κ1) is 15.1. The fourth-order valence-electron chi connectivity index (χ4n) is 5.68. The molecule has 1 aromatic carbocycles. The van der Waals surface area contributed by atoms with Gasteiger partial charge in [0.2, 0.25) is 0 Å². The van der Waals surface area contributed by atoms with Crippen molar-refractivity contribution in [1.29, 1.82) is 0 Å². The summed E-state index contributed by atoms with van der Waals surface area (Å²) < 4.78 is 14.8. The molecule has 3 rings (SSSR count). The summed E-state index contributed by atoms with van der Waals surface area (Å²) in [5, 5.41) is 0. The van der Waals surface area contributed by atoms with E-state index in [1.54, 1.807) is 7.11 Å². The van der Waals surface area contributed by atoms with E-state index in [9.17, 15) is 1.37 Å². The predicted octanol–water partition coefficient (Wildman–Crippen LogP) is 5.91. The molecule has 2 aliphatic carbocycles. The van der Waals surface area contributed by atoms with E-state index in [0.717, 1.165) is 5.75 Å². The van der Waals surface area contributed by atoms with E-state index in [2.05, 4.69) is 66.7 Å². The van der Waals surface area contributed by atoms with Gasteiger partial charge in [0.25, 0.3) is 0 Å². The van der Waals surface area contributed by atoms with Gasteiger partial charge in [0.15, 0.2) is 0 Å². The van der Waals surface area contributed by atoms with Crippen molar-refractivity contribution in [2.75, 3.05) is 7.11 Å². The number of allylic oxidation sites excluding steroid dienone is 4. The standard InChI is InChI=1S/C22H30O/c1-9-19-20(5)14(2)15(3)21(6,16(20)4)22(19,7)17-10-12-18(23-8)13-11-17/h9-13,16H,1-8H3/b19-9-/t16-,20+,21-,22+/m0/s1/i16D. The highest BCUT2D eigenvalue weighted by molar-refractivity contribution is 5.60. The van der Waals surface area contributed by atoms with Gasteiger partial charge in [0, 0.05) is 17.6 Å². The molecule has 124 valence electrons. The van der Waals surface area contributed by atoms with Crippen LogP contribution < -0.4 is 4.74 Å². The van der Waals surface area contributed by atoms with E-state index in [1.807, 2.05) is 12.1 Å². The fourth-order valence-corrected chi connectivity index (χ4v) is 5.68. The second-order valence-electron chi connectivity index (χ2n) is 7.68. The Kier molecular flexibility index (Phi) is 3.11. The zero-order chi connectivity index (χ0) is 18.1. The van der Waals surface area contributed by atoms with Crippen LogP contribution in [0.5, 0.6) is 5.75 Å². The number of hydrogen-bond acceptors (Lipinski definition) is 1. The van der Waals surface area contributed by atoms with Crippen LogP contribution in [0.1, 0.15) is 55.4 Å². The first-order valence-electron chi connectivity index (χ1n) is 9.05. The molecule has 0 saturated heterocycles. The van der Waals surface area contributed by atoms with Gasteiger partial charge in [-0.2, -0.15) is 0 Å². The van der Waals surface area contributed by atoms with E-state index in [-0.39, 0.29) is 16.2 Å². The molecular weight excluding hydrogens is 280 g/mol. The molecule has 0 radical (unpaired) electrons. The summed E-state index contributed by atoms with van der Waals surface area (Å²) in [4.78, 5) is 0. The first-order valence-corrected chi connectivity index (χ1v) is 8.55. The number of ether oxygens (including phenoxy) is 1. The van der Waals surface area contributed by atoms with Gasteiger partial charge in [-0.25, -0.2) is 0 Å². The van der Waals surface area contributed by atoms with Crippen molar-refractivity contribution in [2.45, 2.75) is 53.9 Å². The molecule has 0 spiro atoms. The second-order valence-corrected chi connectivity index (χ2v) is 7.68. The Morgan fingerprint density at radius 3 is 2.13 bits per heavy atom. The summed E-state index contributed by atoms with van der Waals surface area (Å²) in [5.74, 6) is 0.297. The Labute approximate surface area is 142 Å². The maximum atomic E-state index is 9.42. The van der Waals surface area contributed by atoms with Crippen LogP contribution in [-0.4, -0.2) is 7.11 Å². The Hall–Kier alpha value is -1.50. The topological polar surface area (TPSA) is 9.23 Å². The number of benzene rings is 1. The molecule has 1 nitrogen and oxygen atoms in total. The minimum atomic E-state index is -0.579. The lowest BCUT2D eigenvalue weighted by Gasteiger charge is -2.47. The van der Waals surface area contributed by atoms with Crippen LogP contribution in [0.25, 0.3) is 0 Å². The average Bonchev–Trinajstić information content (AvgIpc) is 2.74. The third-order valence-electron chi connectivity index (χ3n) is 7.60. The Morgan fingerprint density at radius 1 is 1.09 bits per heavy atom. The van der Waals surface area contributed by atoms with Crippen LogP contribution in [0.15, 0.2) is 47.1 Å². The maximum absolute atomic E-state index is 9.42. The molecule has 1 saturated carbocycles. The highest BCUT2D eigenvalue weighted by Crippen LogP contribution is 2.76. The molecule has 0 amide bonds. The highest BCUT2D eigenvalue weighted by atomic mass is 16.5. The molecule has 1 heteroatoms. The molecule has 0 aliphatic heterocycles. The van der Waals surface area contributed by atoms with Crippen molar-refractivity contribution in [2.24, 2.45) is 16.7 Å². The van der Waals surface area contributed by atoms with Gasteiger partial charge in [-0.1, -0.05) is 62.6 Å². The summed E-state index contributed by atoms with van der Waals surface area (Å²) in [6.45, 7) is 15.6. The van der Waals surface area contributed by atoms with Gasteiger partial charge in [-0.3, -0.25) is 0 Å². The van der Waals surface area contributed by atoms with Crippen LogP contribution in [0.4, 0.5) is 0 Å². The zero-order valence-electron chi connectivity index (χ0n) is 16.8. The summed E-state index contributed by atoms with van der Waals surface area (Å²) in [6.07, 6.45) is 2.26. The van der Waals surface area contributed by atoms with Crippen molar-refractivity contribution in [3.05, 3.63) is 52.6 Å². The summed E-state index contributed by atoms with van der Waals surface area (Å²) in [5.41, 5.74) is 4.75. The average molecular weight is 311 g/mol. The lowest BCUT2D eigenvalue weighted by molar-refractivity contribution is 0.198. The molecule has 1 fully saturated rings. The van der Waals surface area contributed by atoms with Crippen LogP contribution in [0, 0.1) is 16.7 Å². The van der Waals surface area contributed by atoms with Crippen LogP contribution in [0.3, 0.4) is 0 Å². The Morgan fingerprint density at radius 2 is 1.65 bits per heavy atom. The van der Waals surface area contributed by atoms with E-state index in [4.69, 9.17) is 4.74 Å². The van der Waals surface area contributed by atoms with E-state index >= 15 is 0 Å². The molecule has 2 aliphatic rings. The Balaban J connectivity index is 2.36. The number of fused-ring (bicyclic) bond motifs is 2. The van der Waals surface area contributed by atoms with Gasteiger partial charge in [0.05, 0.1) is 7.11 Å². The van der Waals surface area contributed by atoms with E-state index in [1.165, 1.54) is 22.3 Å². The summed E-state index contributed by atoms with van der Waals surface area (Å²) >= 11 is 0. The van der Waals surface area contributed by atoms with E-state index in [0.29, 0.717) is 0 Å². The van der Waals surface area contributed by atoms with Crippen molar-refractivity contribution >= 4 is 0 Å². The molecular formula is C22H30O. The van der Waals surface area contributed by atoms with Crippen molar-refractivity contribution in [3.8, 4) is 5.75 Å². The third-order valence-corrected chi connectivity index (χ3v) is 7.60.